The largest absolute Gasteiger partial charge is 0.390 e. The number of amides is 1. The number of aliphatic hydroxyl groups excluding tert-OH is 2. The molecule has 7 heteroatoms. The number of nitrogens with zero attached hydrogens (tertiary/aromatic N) is 1. The molecule has 4 atom stereocenters. The quantitative estimate of drug-likeness (QED) is 0.403. The van der Waals surface area contributed by atoms with Crippen LogP contribution in [0.2, 0.25) is 0 Å². The highest BCUT2D eigenvalue weighted by Crippen LogP contribution is 2.28. The Kier molecular flexibility index (Phi) is 10.6. The van der Waals surface area contributed by atoms with Crippen LogP contribution in [0, 0.1) is 11.8 Å². The van der Waals surface area contributed by atoms with E-state index in [9.17, 15) is 15.0 Å². The van der Waals surface area contributed by atoms with E-state index < -0.39 is 24.3 Å². The van der Waals surface area contributed by atoms with Gasteiger partial charge in [0.25, 0.3) is 0 Å². The summed E-state index contributed by atoms with van der Waals surface area (Å²) in [5.41, 5.74) is 5.95. The standard InChI is InChI=1S/C19H39N3O4/c1-13(2)10-17(23)18(24)16(11-14-8-6-5-7-9-14)21-19(25)15(20)12-22(3)26-4/h13-18,23-24H,5-12,20H2,1-4H3,(H,21,25)/t15?,16-,17-,18+/m0/s1. The summed E-state index contributed by atoms with van der Waals surface area (Å²) in [5, 5.41) is 25.4. The normalized spacial score (nSPS) is 20.8. The van der Waals surface area contributed by atoms with Crippen LogP contribution in [0.3, 0.4) is 0 Å². The fourth-order valence-electron chi connectivity index (χ4n) is 3.68. The maximum atomic E-state index is 12.5. The van der Waals surface area contributed by atoms with Crippen LogP contribution in [0.15, 0.2) is 0 Å². The molecule has 0 bridgehead atoms. The number of hydroxylamine groups is 2. The number of nitrogens with two attached hydrogens (primary N) is 1. The zero-order valence-electron chi connectivity index (χ0n) is 16.9. The second kappa shape index (κ2) is 11.9. The zero-order valence-corrected chi connectivity index (χ0v) is 16.9. The molecule has 0 aromatic heterocycles. The first-order valence-electron chi connectivity index (χ1n) is 9.91. The highest BCUT2D eigenvalue weighted by molar-refractivity contribution is 5.82. The van der Waals surface area contributed by atoms with Gasteiger partial charge in [0.1, 0.15) is 6.10 Å². The molecule has 1 unspecified atom stereocenters. The average molecular weight is 374 g/mol. The molecule has 0 saturated heterocycles. The van der Waals surface area contributed by atoms with Crippen molar-refractivity contribution >= 4 is 5.91 Å². The Morgan fingerprint density at radius 2 is 1.88 bits per heavy atom. The van der Waals surface area contributed by atoms with Crippen molar-refractivity contribution in [2.24, 2.45) is 17.6 Å². The fourth-order valence-corrected chi connectivity index (χ4v) is 3.68. The Bertz CT molecular complexity index is 402. The Hall–Kier alpha value is -0.730. The second-order valence-electron chi connectivity index (χ2n) is 8.14. The van der Waals surface area contributed by atoms with Crippen LogP contribution in [0.1, 0.15) is 58.8 Å². The van der Waals surface area contributed by atoms with E-state index in [1.54, 1.807) is 7.05 Å². The number of carbonyl (C=O) groups is 1. The minimum Gasteiger partial charge on any atom is -0.390 e. The summed E-state index contributed by atoms with van der Waals surface area (Å²) in [7, 11) is 3.22. The van der Waals surface area contributed by atoms with Gasteiger partial charge in [0, 0.05) is 13.6 Å². The number of hydrogen-bond donors (Lipinski definition) is 4. The number of likely N-dealkylation sites (N-methyl/N-ethyl adjacent to an activating group) is 1. The molecule has 1 fully saturated rings. The SMILES string of the molecule is CON(C)CC(N)C(=O)N[C@@H](CC1CCCCC1)[C@@H](O)[C@@H](O)CC(C)C. The van der Waals surface area contributed by atoms with Gasteiger partial charge in [-0.05, 0) is 24.7 Å². The van der Waals surface area contributed by atoms with Gasteiger partial charge in [-0.1, -0.05) is 46.0 Å². The van der Waals surface area contributed by atoms with Gasteiger partial charge in [-0.25, -0.2) is 0 Å². The van der Waals surface area contributed by atoms with Gasteiger partial charge in [-0.3, -0.25) is 4.79 Å². The highest BCUT2D eigenvalue weighted by Gasteiger charge is 2.32. The van der Waals surface area contributed by atoms with Crippen LogP contribution in [0.4, 0.5) is 0 Å². The summed E-state index contributed by atoms with van der Waals surface area (Å²) in [6.45, 7) is 4.26. The van der Waals surface area contributed by atoms with Crippen LogP contribution >= 0.6 is 0 Å². The summed E-state index contributed by atoms with van der Waals surface area (Å²) >= 11 is 0. The van der Waals surface area contributed by atoms with Crippen molar-refractivity contribution in [2.45, 2.75) is 83.1 Å². The van der Waals surface area contributed by atoms with Crippen LogP contribution in [-0.4, -0.2) is 66.2 Å². The van der Waals surface area contributed by atoms with Crippen molar-refractivity contribution in [3.8, 4) is 0 Å². The van der Waals surface area contributed by atoms with Gasteiger partial charge in [0.05, 0.1) is 25.3 Å². The first kappa shape index (κ1) is 23.3. The van der Waals surface area contributed by atoms with Gasteiger partial charge in [0.15, 0.2) is 0 Å². The Labute approximate surface area is 158 Å². The molecule has 0 aromatic rings. The third-order valence-electron chi connectivity index (χ3n) is 5.26. The van der Waals surface area contributed by atoms with E-state index in [0.717, 1.165) is 12.8 Å². The van der Waals surface area contributed by atoms with Crippen LogP contribution < -0.4 is 11.1 Å². The number of rotatable bonds is 11. The van der Waals surface area contributed by atoms with Crippen LogP contribution in [0.5, 0.6) is 0 Å². The van der Waals surface area contributed by atoms with Gasteiger partial charge >= 0.3 is 0 Å². The number of hydrogen-bond acceptors (Lipinski definition) is 6. The molecule has 0 aliphatic heterocycles. The topological polar surface area (TPSA) is 108 Å². The molecule has 1 aliphatic rings. The number of nitrogens with one attached hydrogen (secondary N) is 1. The maximum Gasteiger partial charge on any atom is 0.238 e. The summed E-state index contributed by atoms with van der Waals surface area (Å²) in [5.74, 6) is 0.404. The second-order valence-corrected chi connectivity index (χ2v) is 8.14. The molecule has 7 nitrogen and oxygen atoms in total. The number of carbonyl (C=O) groups excluding carboxylic acids is 1. The monoisotopic (exact) mass is 373 g/mol. The number of aliphatic hydroxyl groups is 2. The first-order valence-corrected chi connectivity index (χ1v) is 9.91. The summed E-state index contributed by atoms with van der Waals surface area (Å²) in [4.78, 5) is 17.5. The molecule has 0 aromatic carbocycles. The fraction of sp³-hybridized carbons (Fsp3) is 0.947. The van der Waals surface area contributed by atoms with E-state index in [0.29, 0.717) is 18.8 Å². The van der Waals surface area contributed by atoms with Gasteiger partial charge in [-0.2, -0.15) is 5.06 Å². The van der Waals surface area contributed by atoms with Gasteiger partial charge in [-0.15, -0.1) is 0 Å². The molecule has 1 rings (SSSR count). The summed E-state index contributed by atoms with van der Waals surface area (Å²) in [6, 6.07) is -1.25. The van der Waals surface area contributed by atoms with E-state index >= 15 is 0 Å². The predicted molar refractivity (Wildman–Crippen MR) is 102 cm³/mol. The molecular weight excluding hydrogens is 334 g/mol. The Morgan fingerprint density at radius 1 is 1.27 bits per heavy atom. The summed E-state index contributed by atoms with van der Waals surface area (Å²) < 4.78 is 0. The molecule has 1 saturated carbocycles. The van der Waals surface area contributed by atoms with E-state index in [4.69, 9.17) is 10.6 Å². The van der Waals surface area contributed by atoms with Crippen molar-refractivity contribution in [2.75, 3.05) is 20.7 Å². The minimum atomic E-state index is -0.990. The lowest BCUT2D eigenvalue weighted by Crippen LogP contribution is -2.55. The molecule has 0 heterocycles. The third kappa shape index (κ3) is 8.31. The Morgan fingerprint density at radius 3 is 2.42 bits per heavy atom. The van der Waals surface area contributed by atoms with E-state index in [1.165, 1.54) is 31.4 Å². The summed E-state index contributed by atoms with van der Waals surface area (Å²) in [6.07, 6.45) is 5.17. The molecule has 26 heavy (non-hydrogen) atoms. The van der Waals surface area contributed by atoms with E-state index in [-0.39, 0.29) is 18.4 Å². The lowest BCUT2D eigenvalue weighted by molar-refractivity contribution is -0.135. The van der Waals surface area contributed by atoms with Gasteiger partial charge in [0.2, 0.25) is 5.91 Å². The molecule has 0 spiro atoms. The van der Waals surface area contributed by atoms with Gasteiger partial charge < -0.3 is 26.1 Å². The van der Waals surface area contributed by atoms with Crippen molar-refractivity contribution in [3.63, 3.8) is 0 Å². The first-order chi connectivity index (χ1) is 12.2. The van der Waals surface area contributed by atoms with Crippen molar-refractivity contribution in [1.29, 1.82) is 0 Å². The molecule has 5 N–H and O–H groups in total. The van der Waals surface area contributed by atoms with E-state index in [2.05, 4.69) is 5.32 Å². The smallest absolute Gasteiger partial charge is 0.238 e. The molecule has 0 radical (unpaired) electrons. The third-order valence-corrected chi connectivity index (χ3v) is 5.26. The van der Waals surface area contributed by atoms with Crippen LogP contribution in [-0.2, 0) is 9.63 Å². The van der Waals surface area contributed by atoms with Crippen LogP contribution in [0.25, 0.3) is 0 Å². The van der Waals surface area contributed by atoms with Crippen molar-refractivity contribution in [3.05, 3.63) is 0 Å². The highest BCUT2D eigenvalue weighted by atomic mass is 16.7. The average Bonchev–Trinajstić information content (AvgIpc) is 2.60. The lowest BCUT2D eigenvalue weighted by Gasteiger charge is -2.33. The molecule has 1 aliphatic carbocycles. The van der Waals surface area contributed by atoms with E-state index in [1.807, 2.05) is 13.8 Å². The molecule has 154 valence electrons. The lowest BCUT2D eigenvalue weighted by atomic mass is 9.82. The minimum absolute atomic E-state index is 0.253. The maximum absolute atomic E-state index is 12.5. The van der Waals surface area contributed by atoms with Crippen molar-refractivity contribution in [1.82, 2.24) is 10.4 Å². The Balaban J connectivity index is 2.73. The zero-order chi connectivity index (χ0) is 19.7. The molecule has 1 amide bonds. The molecular formula is C19H39N3O4. The predicted octanol–water partition coefficient (Wildman–Crippen LogP) is 1.03. The van der Waals surface area contributed by atoms with Crippen molar-refractivity contribution < 1.29 is 19.8 Å².